The Bertz CT molecular complexity index is 588. The standard InChI is InChI=1S/C20H34N4O/c1-4-25-16-5-9-20(3,10-6-16)24-11-7-15(8-12-24)17-13-14(2)23-19(22)18(17)21/h13,15-16H,4-12,21H2,1-3H3,(H2,22,23)/t16-,20-. The molecule has 1 aliphatic heterocycles. The zero-order valence-corrected chi connectivity index (χ0v) is 16.1. The normalized spacial score (nSPS) is 29.0. The van der Waals surface area contributed by atoms with Gasteiger partial charge in [0.2, 0.25) is 0 Å². The molecule has 25 heavy (non-hydrogen) atoms. The van der Waals surface area contributed by atoms with Crippen LogP contribution in [0.25, 0.3) is 0 Å². The molecule has 140 valence electrons. The minimum absolute atomic E-state index is 0.331. The Morgan fingerprint density at radius 2 is 1.84 bits per heavy atom. The molecule has 1 aromatic rings. The summed E-state index contributed by atoms with van der Waals surface area (Å²) in [5, 5.41) is 0. The number of nitrogen functional groups attached to an aromatic ring is 2. The van der Waals surface area contributed by atoms with Gasteiger partial charge in [-0.1, -0.05) is 0 Å². The van der Waals surface area contributed by atoms with Gasteiger partial charge in [0.15, 0.2) is 0 Å². The molecule has 0 bridgehead atoms. The number of likely N-dealkylation sites (tertiary alicyclic amines) is 1. The van der Waals surface area contributed by atoms with Gasteiger partial charge < -0.3 is 16.2 Å². The molecule has 0 spiro atoms. The predicted octanol–water partition coefficient (Wildman–Crippen LogP) is 3.47. The molecule has 0 aromatic carbocycles. The number of hydrogen-bond acceptors (Lipinski definition) is 5. The fourth-order valence-corrected chi connectivity index (χ4v) is 4.73. The minimum Gasteiger partial charge on any atom is -0.396 e. The van der Waals surface area contributed by atoms with Crippen LogP contribution in [0.3, 0.4) is 0 Å². The van der Waals surface area contributed by atoms with Crippen LogP contribution in [-0.2, 0) is 4.74 Å². The van der Waals surface area contributed by atoms with E-state index in [0.717, 1.165) is 38.2 Å². The van der Waals surface area contributed by atoms with Gasteiger partial charge in [-0.2, -0.15) is 0 Å². The van der Waals surface area contributed by atoms with Crippen molar-refractivity contribution in [2.75, 3.05) is 31.2 Å². The first-order valence-electron chi connectivity index (χ1n) is 9.82. The van der Waals surface area contributed by atoms with E-state index in [1.54, 1.807) is 0 Å². The Kier molecular flexibility index (Phi) is 5.54. The number of aryl methyl sites for hydroxylation is 1. The maximum absolute atomic E-state index is 6.21. The van der Waals surface area contributed by atoms with E-state index in [1.165, 1.54) is 31.2 Å². The van der Waals surface area contributed by atoms with Crippen molar-refractivity contribution < 1.29 is 4.74 Å². The molecule has 1 saturated heterocycles. The van der Waals surface area contributed by atoms with Crippen LogP contribution in [0.1, 0.15) is 69.5 Å². The number of piperidine rings is 1. The molecule has 0 unspecified atom stereocenters. The summed E-state index contributed by atoms with van der Waals surface area (Å²) in [6, 6.07) is 2.13. The monoisotopic (exact) mass is 346 g/mol. The molecule has 2 fully saturated rings. The van der Waals surface area contributed by atoms with Crippen LogP contribution in [0.4, 0.5) is 11.5 Å². The van der Waals surface area contributed by atoms with E-state index in [0.29, 0.717) is 29.1 Å². The summed E-state index contributed by atoms with van der Waals surface area (Å²) in [5.41, 5.74) is 15.4. The summed E-state index contributed by atoms with van der Waals surface area (Å²) in [4.78, 5) is 6.99. The van der Waals surface area contributed by atoms with Crippen LogP contribution >= 0.6 is 0 Å². The molecule has 3 rings (SSSR count). The third-order valence-corrected chi connectivity index (χ3v) is 6.36. The highest BCUT2D eigenvalue weighted by Crippen LogP contribution is 2.40. The largest absolute Gasteiger partial charge is 0.396 e. The third kappa shape index (κ3) is 3.93. The topological polar surface area (TPSA) is 77.4 Å². The highest BCUT2D eigenvalue weighted by Gasteiger charge is 2.38. The van der Waals surface area contributed by atoms with Gasteiger partial charge in [0.1, 0.15) is 5.82 Å². The third-order valence-electron chi connectivity index (χ3n) is 6.36. The summed E-state index contributed by atoms with van der Waals surface area (Å²) in [6.45, 7) is 9.65. The van der Waals surface area contributed by atoms with Gasteiger partial charge in [-0.3, -0.25) is 4.90 Å². The molecular weight excluding hydrogens is 312 g/mol. The molecule has 0 amide bonds. The highest BCUT2D eigenvalue weighted by atomic mass is 16.5. The molecule has 2 heterocycles. The molecule has 5 heteroatoms. The van der Waals surface area contributed by atoms with Crippen LogP contribution in [0.2, 0.25) is 0 Å². The van der Waals surface area contributed by atoms with E-state index >= 15 is 0 Å². The van der Waals surface area contributed by atoms with Crippen molar-refractivity contribution in [1.29, 1.82) is 0 Å². The van der Waals surface area contributed by atoms with E-state index in [1.807, 2.05) is 6.92 Å². The SMILES string of the molecule is CCO[C@H]1CC[C@](C)(N2CCC(c3cc(C)nc(N)c3N)CC2)CC1. The molecule has 1 saturated carbocycles. The van der Waals surface area contributed by atoms with E-state index in [2.05, 4.69) is 29.8 Å². The molecule has 0 atom stereocenters. The van der Waals surface area contributed by atoms with Crippen molar-refractivity contribution in [3.8, 4) is 0 Å². The Morgan fingerprint density at radius 1 is 1.20 bits per heavy atom. The number of pyridine rings is 1. The van der Waals surface area contributed by atoms with E-state index in [-0.39, 0.29) is 0 Å². The van der Waals surface area contributed by atoms with Crippen molar-refractivity contribution in [3.05, 3.63) is 17.3 Å². The number of ether oxygens (including phenoxy) is 1. The predicted molar refractivity (Wildman–Crippen MR) is 104 cm³/mol. The lowest BCUT2D eigenvalue weighted by Crippen LogP contribution is -2.52. The van der Waals surface area contributed by atoms with E-state index < -0.39 is 0 Å². The zero-order valence-electron chi connectivity index (χ0n) is 16.1. The molecule has 0 radical (unpaired) electrons. The molecule has 4 N–H and O–H groups in total. The van der Waals surface area contributed by atoms with Gasteiger partial charge in [-0.05, 0) is 89.9 Å². The summed E-state index contributed by atoms with van der Waals surface area (Å²) < 4.78 is 5.82. The Balaban J connectivity index is 1.61. The van der Waals surface area contributed by atoms with Gasteiger partial charge in [0.25, 0.3) is 0 Å². The van der Waals surface area contributed by atoms with Crippen molar-refractivity contribution in [1.82, 2.24) is 9.88 Å². The van der Waals surface area contributed by atoms with Gasteiger partial charge >= 0.3 is 0 Å². The van der Waals surface area contributed by atoms with Crippen molar-refractivity contribution >= 4 is 11.5 Å². The van der Waals surface area contributed by atoms with Crippen LogP contribution < -0.4 is 11.5 Å². The number of hydrogen-bond donors (Lipinski definition) is 2. The van der Waals surface area contributed by atoms with Crippen LogP contribution in [0, 0.1) is 6.92 Å². The zero-order chi connectivity index (χ0) is 18.0. The number of anilines is 2. The van der Waals surface area contributed by atoms with Gasteiger partial charge in [-0.15, -0.1) is 0 Å². The van der Waals surface area contributed by atoms with Crippen LogP contribution in [0.15, 0.2) is 6.07 Å². The fourth-order valence-electron chi connectivity index (χ4n) is 4.73. The quantitative estimate of drug-likeness (QED) is 0.873. The first-order valence-corrected chi connectivity index (χ1v) is 9.82. The average Bonchev–Trinajstić information content (AvgIpc) is 2.61. The summed E-state index contributed by atoms with van der Waals surface area (Å²) in [7, 11) is 0. The lowest BCUT2D eigenvalue weighted by atomic mass is 9.78. The lowest BCUT2D eigenvalue weighted by molar-refractivity contribution is -0.0250. The lowest BCUT2D eigenvalue weighted by Gasteiger charge is -2.48. The summed E-state index contributed by atoms with van der Waals surface area (Å²) in [6.07, 6.45) is 7.64. The minimum atomic E-state index is 0.331. The Labute approximate surface area is 152 Å². The Morgan fingerprint density at radius 3 is 2.44 bits per heavy atom. The van der Waals surface area contributed by atoms with E-state index in [4.69, 9.17) is 16.2 Å². The molecule has 2 aliphatic rings. The molecular formula is C20H34N4O. The van der Waals surface area contributed by atoms with Gasteiger partial charge in [0.05, 0.1) is 11.8 Å². The van der Waals surface area contributed by atoms with Gasteiger partial charge in [-0.25, -0.2) is 4.98 Å². The maximum Gasteiger partial charge on any atom is 0.147 e. The summed E-state index contributed by atoms with van der Waals surface area (Å²) in [5.74, 6) is 0.988. The fraction of sp³-hybridized carbons (Fsp3) is 0.750. The first-order chi connectivity index (χ1) is 11.9. The number of rotatable bonds is 4. The second kappa shape index (κ2) is 7.50. The Hall–Kier alpha value is -1.33. The number of nitrogens with zero attached hydrogens (tertiary/aromatic N) is 2. The van der Waals surface area contributed by atoms with Crippen LogP contribution in [0.5, 0.6) is 0 Å². The van der Waals surface area contributed by atoms with Gasteiger partial charge in [0, 0.05) is 17.8 Å². The second-order valence-electron chi connectivity index (χ2n) is 8.06. The summed E-state index contributed by atoms with van der Waals surface area (Å²) >= 11 is 0. The van der Waals surface area contributed by atoms with Crippen molar-refractivity contribution in [2.24, 2.45) is 0 Å². The number of aromatic nitrogens is 1. The molecule has 5 nitrogen and oxygen atoms in total. The highest BCUT2D eigenvalue weighted by molar-refractivity contribution is 5.64. The molecule has 1 aromatic heterocycles. The average molecular weight is 347 g/mol. The number of nitrogens with two attached hydrogens (primary N) is 2. The van der Waals surface area contributed by atoms with E-state index in [9.17, 15) is 0 Å². The second-order valence-corrected chi connectivity index (χ2v) is 8.06. The van der Waals surface area contributed by atoms with Crippen LogP contribution in [-0.4, -0.2) is 41.2 Å². The first kappa shape index (κ1) is 18.5. The maximum atomic E-state index is 6.21. The van der Waals surface area contributed by atoms with Crippen molar-refractivity contribution in [3.63, 3.8) is 0 Å². The molecule has 1 aliphatic carbocycles. The van der Waals surface area contributed by atoms with Crippen molar-refractivity contribution in [2.45, 2.75) is 76.9 Å². The smallest absolute Gasteiger partial charge is 0.147 e.